The number of aryl methyl sites for hydroxylation is 1. The van der Waals surface area contributed by atoms with Gasteiger partial charge in [0.15, 0.2) is 11.5 Å². The topological polar surface area (TPSA) is 47.3 Å². The molecule has 0 spiro atoms. The molecule has 3 nitrogen and oxygen atoms in total. The average Bonchev–Trinajstić information content (AvgIpc) is 2.91. The van der Waals surface area contributed by atoms with Gasteiger partial charge in [-0.1, -0.05) is 29.8 Å². The third kappa shape index (κ3) is 2.40. The van der Waals surface area contributed by atoms with Gasteiger partial charge in [-0.2, -0.15) is 0 Å². The van der Waals surface area contributed by atoms with Crippen LogP contribution in [0.2, 0.25) is 0 Å². The van der Waals surface area contributed by atoms with Gasteiger partial charge in [0.25, 0.3) is 0 Å². The molecule has 0 fully saturated rings. The van der Waals surface area contributed by atoms with Gasteiger partial charge in [-0.3, -0.25) is 9.59 Å². The van der Waals surface area contributed by atoms with Gasteiger partial charge in [0.1, 0.15) is 0 Å². The summed E-state index contributed by atoms with van der Waals surface area (Å²) in [4.78, 5) is 24.1. The van der Waals surface area contributed by atoms with Crippen LogP contribution in [0.3, 0.4) is 0 Å². The zero-order valence-electron chi connectivity index (χ0n) is 10.3. The number of carbonyl (C=O) groups is 2. The zero-order valence-corrected chi connectivity index (χ0v) is 10.3. The summed E-state index contributed by atoms with van der Waals surface area (Å²) in [6, 6.07) is 10.4. The van der Waals surface area contributed by atoms with Crippen LogP contribution >= 0.6 is 0 Å². The lowest BCUT2D eigenvalue weighted by molar-refractivity contribution is 0.0803. The molecule has 0 aliphatic rings. The van der Waals surface area contributed by atoms with Gasteiger partial charge in [-0.15, -0.1) is 0 Å². The molecular formula is C15H14O3. The third-order valence-electron chi connectivity index (χ3n) is 2.89. The number of ketones is 2. The molecule has 2 aromatic rings. The Morgan fingerprint density at radius 3 is 2.28 bits per heavy atom. The SMILES string of the molecule is Cc1ccc(C(=O)C(C)C(=O)c2ccco2)cc1. The zero-order chi connectivity index (χ0) is 13.1. The number of hydrogen-bond acceptors (Lipinski definition) is 3. The quantitative estimate of drug-likeness (QED) is 0.610. The Balaban J connectivity index is 2.19. The summed E-state index contributed by atoms with van der Waals surface area (Å²) in [6.45, 7) is 3.55. The Bertz CT molecular complexity index is 550. The Morgan fingerprint density at radius 2 is 1.72 bits per heavy atom. The Morgan fingerprint density at radius 1 is 1.06 bits per heavy atom. The molecule has 0 aliphatic heterocycles. The summed E-state index contributed by atoms with van der Waals surface area (Å²) in [6.07, 6.45) is 1.43. The van der Waals surface area contributed by atoms with Gasteiger partial charge in [0, 0.05) is 5.56 Å². The van der Waals surface area contributed by atoms with Gasteiger partial charge >= 0.3 is 0 Å². The fourth-order valence-electron chi connectivity index (χ4n) is 1.72. The molecule has 1 atom stereocenters. The van der Waals surface area contributed by atoms with Crippen LogP contribution in [-0.2, 0) is 0 Å². The van der Waals surface area contributed by atoms with E-state index < -0.39 is 5.92 Å². The highest BCUT2D eigenvalue weighted by molar-refractivity contribution is 6.14. The fraction of sp³-hybridized carbons (Fsp3) is 0.200. The summed E-state index contributed by atoms with van der Waals surface area (Å²) < 4.78 is 5.02. The van der Waals surface area contributed by atoms with Gasteiger partial charge in [-0.25, -0.2) is 0 Å². The molecule has 0 radical (unpaired) electrons. The second-order valence-electron chi connectivity index (χ2n) is 4.29. The molecule has 0 saturated carbocycles. The van der Waals surface area contributed by atoms with Crippen LogP contribution < -0.4 is 0 Å². The van der Waals surface area contributed by atoms with Crippen molar-refractivity contribution in [2.24, 2.45) is 5.92 Å². The number of carbonyl (C=O) groups excluding carboxylic acids is 2. The Labute approximate surface area is 105 Å². The minimum Gasteiger partial charge on any atom is -0.461 e. The van der Waals surface area contributed by atoms with Crippen LogP contribution in [0.5, 0.6) is 0 Å². The van der Waals surface area contributed by atoms with Crippen molar-refractivity contribution in [2.75, 3.05) is 0 Å². The van der Waals surface area contributed by atoms with Gasteiger partial charge in [0.05, 0.1) is 12.2 Å². The maximum Gasteiger partial charge on any atom is 0.208 e. The molecule has 1 aromatic heterocycles. The van der Waals surface area contributed by atoms with Crippen molar-refractivity contribution in [3.05, 3.63) is 59.5 Å². The summed E-state index contributed by atoms with van der Waals surface area (Å²) in [5.74, 6) is -0.969. The van der Waals surface area contributed by atoms with Crippen LogP contribution in [0, 0.1) is 12.8 Å². The molecule has 1 heterocycles. The number of hydrogen-bond donors (Lipinski definition) is 0. The van der Waals surface area contributed by atoms with E-state index >= 15 is 0 Å². The molecule has 3 heteroatoms. The van der Waals surface area contributed by atoms with Crippen molar-refractivity contribution in [1.82, 2.24) is 0 Å². The first-order chi connectivity index (χ1) is 8.59. The lowest BCUT2D eigenvalue weighted by atomic mass is 9.94. The average molecular weight is 242 g/mol. The highest BCUT2D eigenvalue weighted by atomic mass is 16.3. The molecule has 18 heavy (non-hydrogen) atoms. The molecule has 0 saturated heterocycles. The smallest absolute Gasteiger partial charge is 0.208 e. The first-order valence-electron chi connectivity index (χ1n) is 5.78. The van der Waals surface area contributed by atoms with E-state index in [9.17, 15) is 9.59 Å². The van der Waals surface area contributed by atoms with E-state index in [1.807, 2.05) is 19.1 Å². The maximum absolute atomic E-state index is 12.1. The van der Waals surface area contributed by atoms with Gasteiger partial charge < -0.3 is 4.42 Å². The second-order valence-corrected chi connectivity index (χ2v) is 4.29. The summed E-state index contributed by atoms with van der Waals surface area (Å²) >= 11 is 0. The van der Waals surface area contributed by atoms with Crippen molar-refractivity contribution in [3.63, 3.8) is 0 Å². The molecule has 0 aliphatic carbocycles. The molecule has 92 valence electrons. The monoisotopic (exact) mass is 242 g/mol. The standard InChI is InChI=1S/C15H14O3/c1-10-5-7-12(8-6-10)14(16)11(2)15(17)13-4-3-9-18-13/h3-9,11H,1-2H3. The number of benzene rings is 1. The van der Waals surface area contributed by atoms with E-state index in [2.05, 4.69) is 0 Å². The fourth-order valence-corrected chi connectivity index (χ4v) is 1.72. The first kappa shape index (κ1) is 12.3. The van der Waals surface area contributed by atoms with Crippen LogP contribution in [-0.4, -0.2) is 11.6 Å². The molecule has 0 amide bonds. The molecular weight excluding hydrogens is 228 g/mol. The van der Waals surface area contributed by atoms with E-state index in [0.717, 1.165) is 5.56 Å². The van der Waals surface area contributed by atoms with Crippen LogP contribution in [0.15, 0.2) is 47.1 Å². The summed E-state index contributed by atoms with van der Waals surface area (Å²) in [5.41, 5.74) is 1.63. The minimum atomic E-state index is -0.723. The van der Waals surface area contributed by atoms with Crippen LogP contribution in [0.1, 0.15) is 33.4 Å². The predicted octanol–water partition coefficient (Wildman–Crippen LogP) is 3.29. The van der Waals surface area contributed by atoms with Crippen molar-refractivity contribution < 1.29 is 14.0 Å². The van der Waals surface area contributed by atoms with Crippen molar-refractivity contribution in [2.45, 2.75) is 13.8 Å². The highest BCUT2D eigenvalue weighted by Crippen LogP contribution is 2.15. The van der Waals surface area contributed by atoms with Crippen LogP contribution in [0.25, 0.3) is 0 Å². The van der Waals surface area contributed by atoms with E-state index in [-0.39, 0.29) is 17.3 Å². The largest absolute Gasteiger partial charge is 0.461 e. The van der Waals surface area contributed by atoms with E-state index in [0.29, 0.717) is 5.56 Å². The minimum absolute atomic E-state index is 0.184. The van der Waals surface area contributed by atoms with Crippen molar-refractivity contribution >= 4 is 11.6 Å². The van der Waals surface area contributed by atoms with E-state index in [1.54, 1.807) is 31.2 Å². The van der Waals surface area contributed by atoms with Crippen LogP contribution in [0.4, 0.5) is 0 Å². The first-order valence-corrected chi connectivity index (χ1v) is 5.78. The lowest BCUT2D eigenvalue weighted by Gasteiger charge is -2.08. The predicted molar refractivity (Wildman–Crippen MR) is 67.7 cm³/mol. The van der Waals surface area contributed by atoms with Crippen molar-refractivity contribution in [3.8, 4) is 0 Å². The van der Waals surface area contributed by atoms with E-state index in [4.69, 9.17) is 4.42 Å². The molecule has 2 rings (SSSR count). The number of rotatable bonds is 4. The Kier molecular flexibility index (Phi) is 3.42. The van der Waals surface area contributed by atoms with Gasteiger partial charge in [-0.05, 0) is 26.0 Å². The molecule has 1 aromatic carbocycles. The Hall–Kier alpha value is -2.16. The van der Waals surface area contributed by atoms with Crippen molar-refractivity contribution in [1.29, 1.82) is 0 Å². The summed E-state index contributed by atoms with van der Waals surface area (Å²) in [5, 5.41) is 0. The highest BCUT2D eigenvalue weighted by Gasteiger charge is 2.25. The number of Topliss-reactive ketones (excluding diaryl/α,β-unsaturated/α-hetero) is 2. The molecule has 0 bridgehead atoms. The second kappa shape index (κ2) is 5.00. The normalized spacial score (nSPS) is 12.1. The lowest BCUT2D eigenvalue weighted by Crippen LogP contribution is -2.21. The van der Waals surface area contributed by atoms with Gasteiger partial charge in [0.2, 0.25) is 5.78 Å². The van der Waals surface area contributed by atoms with E-state index in [1.165, 1.54) is 6.26 Å². The molecule has 1 unspecified atom stereocenters. The third-order valence-corrected chi connectivity index (χ3v) is 2.89. The number of furan rings is 1. The molecule has 0 N–H and O–H groups in total. The maximum atomic E-state index is 12.1. The summed E-state index contributed by atoms with van der Waals surface area (Å²) in [7, 11) is 0.